The van der Waals surface area contributed by atoms with Crippen LogP contribution in [0.15, 0.2) is 0 Å². The maximum atomic E-state index is 10.1. The molecule has 0 fully saturated rings. The fraction of sp³-hybridized carbons (Fsp3) is 1.00. The standard InChI is InChI=1S/C3H10NO3P/c4-2-1-3-8(5,6)7/h1-4H2,(H2,5,6,7)/p+1. The van der Waals surface area contributed by atoms with Crippen LogP contribution in [0.4, 0.5) is 0 Å². The lowest BCUT2D eigenvalue weighted by Gasteiger charge is -1.97. The van der Waals surface area contributed by atoms with Crippen LogP contribution in [0.25, 0.3) is 0 Å². The Balaban J connectivity index is 3.26. The predicted molar refractivity (Wildman–Crippen MR) is 29.3 cm³/mol. The van der Waals surface area contributed by atoms with Crippen molar-refractivity contribution in [3.8, 4) is 0 Å². The summed E-state index contributed by atoms with van der Waals surface area (Å²) in [6, 6.07) is 0. The first-order chi connectivity index (χ1) is 3.56. The Morgan fingerprint density at radius 2 is 2.00 bits per heavy atom. The van der Waals surface area contributed by atoms with Crippen LogP contribution in [-0.2, 0) is 4.57 Å². The molecule has 0 aromatic carbocycles. The van der Waals surface area contributed by atoms with Crippen molar-refractivity contribution in [2.24, 2.45) is 0 Å². The van der Waals surface area contributed by atoms with Crippen LogP contribution >= 0.6 is 7.60 Å². The van der Waals surface area contributed by atoms with Gasteiger partial charge in [0.1, 0.15) is 0 Å². The van der Waals surface area contributed by atoms with E-state index in [-0.39, 0.29) is 6.16 Å². The maximum Gasteiger partial charge on any atom is 0.325 e. The summed E-state index contributed by atoms with van der Waals surface area (Å²) < 4.78 is 10.1. The van der Waals surface area contributed by atoms with Crippen LogP contribution in [0, 0.1) is 0 Å². The van der Waals surface area contributed by atoms with Crippen LogP contribution in [0.5, 0.6) is 0 Å². The van der Waals surface area contributed by atoms with E-state index in [0.29, 0.717) is 13.0 Å². The fourth-order valence-corrected chi connectivity index (χ4v) is 0.953. The van der Waals surface area contributed by atoms with Crippen LogP contribution in [0.2, 0.25) is 0 Å². The van der Waals surface area contributed by atoms with E-state index >= 15 is 0 Å². The molecule has 0 saturated carbocycles. The summed E-state index contributed by atoms with van der Waals surface area (Å²) in [5.74, 6) is 0. The molecule has 5 N–H and O–H groups in total. The molecule has 0 unspecified atom stereocenters. The van der Waals surface area contributed by atoms with Crippen molar-refractivity contribution in [3.63, 3.8) is 0 Å². The smallest absolute Gasteiger partial charge is 0.325 e. The lowest BCUT2D eigenvalue weighted by atomic mass is 10.5. The molecule has 8 heavy (non-hydrogen) atoms. The summed E-state index contributed by atoms with van der Waals surface area (Å²) in [5.41, 5.74) is 3.45. The third kappa shape index (κ3) is 6.11. The summed E-state index contributed by atoms with van der Waals surface area (Å²) in [6.07, 6.45) is 0.473. The lowest BCUT2D eigenvalue weighted by Crippen LogP contribution is -2.50. The van der Waals surface area contributed by atoms with Crippen LogP contribution in [-0.4, -0.2) is 22.5 Å². The molecule has 0 aliphatic heterocycles. The molecule has 0 atom stereocenters. The van der Waals surface area contributed by atoms with E-state index in [1.165, 1.54) is 0 Å². The Labute approximate surface area is 47.9 Å². The highest BCUT2D eigenvalue weighted by Gasteiger charge is 2.10. The summed E-state index contributed by atoms with van der Waals surface area (Å²) >= 11 is 0. The first-order valence-corrected chi connectivity index (χ1v) is 4.20. The van der Waals surface area contributed by atoms with Crippen molar-refractivity contribution >= 4 is 7.60 Å². The number of hydrogen-bond acceptors (Lipinski definition) is 1. The highest BCUT2D eigenvalue weighted by atomic mass is 31.2. The SMILES string of the molecule is [NH3+]CCCP(=O)(O)O. The first-order valence-electron chi connectivity index (χ1n) is 2.40. The van der Waals surface area contributed by atoms with E-state index in [2.05, 4.69) is 5.73 Å². The highest BCUT2D eigenvalue weighted by molar-refractivity contribution is 7.51. The van der Waals surface area contributed by atoms with E-state index in [4.69, 9.17) is 9.79 Å². The zero-order valence-electron chi connectivity index (χ0n) is 4.58. The molecule has 5 heteroatoms. The monoisotopic (exact) mass is 140 g/mol. The van der Waals surface area contributed by atoms with Gasteiger partial charge in [0.2, 0.25) is 0 Å². The van der Waals surface area contributed by atoms with Gasteiger partial charge in [-0.15, -0.1) is 0 Å². The molecule has 0 aromatic heterocycles. The summed E-state index contributed by atoms with van der Waals surface area (Å²) in [6.45, 7) is 0.588. The molecule has 4 nitrogen and oxygen atoms in total. The van der Waals surface area contributed by atoms with Gasteiger partial charge in [-0.25, -0.2) is 0 Å². The van der Waals surface area contributed by atoms with E-state index in [0.717, 1.165) is 0 Å². The molecule has 0 radical (unpaired) electrons. The largest absolute Gasteiger partial charge is 0.358 e. The Kier molecular flexibility index (Phi) is 3.24. The van der Waals surface area contributed by atoms with Gasteiger partial charge in [-0.1, -0.05) is 0 Å². The van der Waals surface area contributed by atoms with E-state index in [9.17, 15) is 4.57 Å². The fourth-order valence-electron chi connectivity index (χ4n) is 0.318. The molecule has 0 aliphatic rings. The van der Waals surface area contributed by atoms with Gasteiger partial charge in [0, 0.05) is 6.42 Å². The second-order valence-electron chi connectivity index (χ2n) is 1.60. The normalized spacial score (nSPS) is 11.9. The number of hydrogen-bond donors (Lipinski definition) is 3. The third-order valence-electron chi connectivity index (χ3n) is 0.699. The van der Waals surface area contributed by atoms with Crippen molar-refractivity contribution < 1.29 is 20.1 Å². The summed E-state index contributed by atoms with van der Waals surface area (Å²) in [5, 5.41) is 0. The van der Waals surface area contributed by atoms with Gasteiger partial charge in [-0.05, 0) is 0 Å². The highest BCUT2D eigenvalue weighted by Crippen LogP contribution is 2.34. The Bertz CT molecular complexity index is 98.7. The average molecular weight is 140 g/mol. The molecule has 0 aromatic rings. The Hall–Kier alpha value is 0.110. The van der Waals surface area contributed by atoms with Crippen molar-refractivity contribution in [1.29, 1.82) is 0 Å². The molecular weight excluding hydrogens is 129 g/mol. The van der Waals surface area contributed by atoms with Gasteiger partial charge in [0.15, 0.2) is 0 Å². The number of rotatable bonds is 3. The van der Waals surface area contributed by atoms with E-state index in [1.807, 2.05) is 0 Å². The molecule has 0 rings (SSSR count). The molecular formula is C3H11NO3P+. The minimum Gasteiger partial charge on any atom is -0.358 e. The van der Waals surface area contributed by atoms with Gasteiger partial charge >= 0.3 is 7.60 Å². The topological polar surface area (TPSA) is 85.2 Å². The zero-order chi connectivity index (χ0) is 6.62. The summed E-state index contributed by atoms with van der Waals surface area (Å²) in [7, 11) is -3.72. The quantitative estimate of drug-likeness (QED) is 0.430. The summed E-state index contributed by atoms with van der Waals surface area (Å²) in [4.78, 5) is 16.5. The molecule has 0 spiro atoms. The molecule has 0 saturated heterocycles. The molecule has 0 heterocycles. The first kappa shape index (κ1) is 8.11. The second kappa shape index (κ2) is 3.20. The minimum atomic E-state index is -3.72. The van der Waals surface area contributed by atoms with Gasteiger partial charge < -0.3 is 15.5 Å². The van der Waals surface area contributed by atoms with Crippen molar-refractivity contribution in [1.82, 2.24) is 0 Å². The molecule has 0 bridgehead atoms. The van der Waals surface area contributed by atoms with Crippen LogP contribution in [0.1, 0.15) is 6.42 Å². The maximum absolute atomic E-state index is 10.1. The van der Waals surface area contributed by atoms with Gasteiger partial charge in [0.05, 0.1) is 12.7 Å². The Morgan fingerprint density at radius 3 is 2.12 bits per heavy atom. The molecule has 50 valence electrons. The van der Waals surface area contributed by atoms with E-state index < -0.39 is 7.60 Å². The Morgan fingerprint density at radius 1 is 1.50 bits per heavy atom. The van der Waals surface area contributed by atoms with E-state index in [1.54, 1.807) is 0 Å². The van der Waals surface area contributed by atoms with Crippen molar-refractivity contribution in [3.05, 3.63) is 0 Å². The van der Waals surface area contributed by atoms with Gasteiger partial charge in [0.25, 0.3) is 0 Å². The van der Waals surface area contributed by atoms with Gasteiger partial charge in [-0.3, -0.25) is 4.57 Å². The second-order valence-corrected chi connectivity index (χ2v) is 3.37. The van der Waals surface area contributed by atoms with Crippen molar-refractivity contribution in [2.45, 2.75) is 6.42 Å². The zero-order valence-corrected chi connectivity index (χ0v) is 5.47. The predicted octanol–water partition coefficient (Wildman–Crippen LogP) is -1.20. The lowest BCUT2D eigenvalue weighted by molar-refractivity contribution is -0.367. The molecule has 0 aliphatic carbocycles. The van der Waals surface area contributed by atoms with Gasteiger partial charge in [-0.2, -0.15) is 0 Å². The molecule has 0 amide bonds. The van der Waals surface area contributed by atoms with Crippen molar-refractivity contribution in [2.75, 3.05) is 12.7 Å². The third-order valence-corrected chi connectivity index (χ3v) is 1.60. The minimum absolute atomic E-state index is 0.0312. The average Bonchev–Trinajstić information content (AvgIpc) is 1.59. The van der Waals surface area contributed by atoms with Crippen LogP contribution < -0.4 is 5.73 Å². The van der Waals surface area contributed by atoms with Crippen LogP contribution in [0.3, 0.4) is 0 Å². The number of quaternary nitrogens is 1.